The van der Waals surface area contributed by atoms with E-state index in [1.54, 1.807) is 18.2 Å². The van der Waals surface area contributed by atoms with E-state index in [0.29, 0.717) is 30.9 Å². The summed E-state index contributed by atoms with van der Waals surface area (Å²) in [4.78, 5) is 12.1. The number of carbonyl (C=O) groups excluding carboxylic acids is 1. The van der Waals surface area contributed by atoms with Gasteiger partial charge in [0, 0.05) is 6.54 Å². The third-order valence-electron chi connectivity index (χ3n) is 3.31. The average molecular weight is 297 g/mol. The molecule has 1 aliphatic heterocycles. The highest BCUT2D eigenvalue weighted by Gasteiger charge is 2.28. The Labute approximate surface area is 119 Å². The van der Waals surface area contributed by atoms with Crippen molar-refractivity contribution in [3.05, 3.63) is 29.8 Å². The molecule has 1 aliphatic rings. The highest BCUT2D eigenvalue weighted by molar-refractivity contribution is 7.91. The van der Waals surface area contributed by atoms with Crippen molar-refractivity contribution in [1.82, 2.24) is 5.32 Å². The van der Waals surface area contributed by atoms with Crippen LogP contribution in [0.4, 0.5) is 0 Å². The predicted octanol–water partition coefficient (Wildman–Crippen LogP) is 1.25. The molecule has 0 radical (unpaired) electrons. The second kappa shape index (κ2) is 6.26. The molecule has 110 valence electrons. The minimum absolute atomic E-state index is 0.0169. The SMILES string of the molecule is CCOc1ccccc1C(=O)NC[C@@H]1CCS(=O)(=O)C1. The first-order valence-corrected chi connectivity index (χ1v) is 8.54. The van der Waals surface area contributed by atoms with Gasteiger partial charge in [0.2, 0.25) is 0 Å². The number of amides is 1. The van der Waals surface area contributed by atoms with E-state index < -0.39 is 9.84 Å². The smallest absolute Gasteiger partial charge is 0.255 e. The van der Waals surface area contributed by atoms with Crippen LogP contribution in [0, 0.1) is 5.92 Å². The minimum Gasteiger partial charge on any atom is -0.493 e. The molecule has 6 heteroatoms. The van der Waals surface area contributed by atoms with Crippen LogP contribution < -0.4 is 10.1 Å². The van der Waals surface area contributed by atoms with Gasteiger partial charge in [0.1, 0.15) is 5.75 Å². The molecule has 1 atom stereocenters. The molecule has 1 amide bonds. The van der Waals surface area contributed by atoms with Crippen LogP contribution in [0.5, 0.6) is 5.75 Å². The molecule has 0 aromatic heterocycles. The number of ether oxygens (including phenoxy) is 1. The van der Waals surface area contributed by atoms with Crippen LogP contribution in [0.15, 0.2) is 24.3 Å². The zero-order valence-electron chi connectivity index (χ0n) is 11.5. The van der Waals surface area contributed by atoms with E-state index in [2.05, 4.69) is 5.32 Å². The number of benzene rings is 1. The van der Waals surface area contributed by atoms with Crippen LogP contribution in [-0.4, -0.2) is 39.0 Å². The van der Waals surface area contributed by atoms with E-state index in [1.807, 2.05) is 13.0 Å². The van der Waals surface area contributed by atoms with Gasteiger partial charge < -0.3 is 10.1 Å². The fourth-order valence-electron chi connectivity index (χ4n) is 2.30. The van der Waals surface area contributed by atoms with Crippen molar-refractivity contribution in [3.8, 4) is 5.75 Å². The van der Waals surface area contributed by atoms with Gasteiger partial charge in [-0.1, -0.05) is 12.1 Å². The molecule has 1 heterocycles. The van der Waals surface area contributed by atoms with Gasteiger partial charge in [-0.3, -0.25) is 4.79 Å². The summed E-state index contributed by atoms with van der Waals surface area (Å²) in [6.45, 7) is 2.74. The largest absolute Gasteiger partial charge is 0.493 e. The number of rotatable bonds is 5. The fraction of sp³-hybridized carbons (Fsp3) is 0.500. The molecule has 0 spiro atoms. The first kappa shape index (κ1) is 14.8. The number of hydrogen-bond donors (Lipinski definition) is 1. The summed E-state index contributed by atoms with van der Waals surface area (Å²) < 4.78 is 28.1. The van der Waals surface area contributed by atoms with Gasteiger partial charge in [-0.25, -0.2) is 8.42 Å². The topological polar surface area (TPSA) is 72.5 Å². The summed E-state index contributed by atoms with van der Waals surface area (Å²) >= 11 is 0. The summed E-state index contributed by atoms with van der Waals surface area (Å²) in [7, 11) is -2.90. The summed E-state index contributed by atoms with van der Waals surface area (Å²) in [6, 6.07) is 7.03. The number of carbonyl (C=O) groups is 1. The summed E-state index contributed by atoms with van der Waals surface area (Å²) in [5, 5.41) is 2.79. The molecule has 5 nitrogen and oxygen atoms in total. The van der Waals surface area contributed by atoms with Gasteiger partial charge in [0.15, 0.2) is 9.84 Å². The predicted molar refractivity (Wildman–Crippen MR) is 76.7 cm³/mol. The van der Waals surface area contributed by atoms with E-state index >= 15 is 0 Å². The maximum absolute atomic E-state index is 12.1. The van der Waals surface area contributed by atoms with E-state index in [4.69, 9.17) is 4.74 Å². The highest BCUT2D eigenvalue weighted by atomic mass is 32.2. The van der Waals surface area contributed by atoms with Crippen molar-refractivity contribution in [3.63, 3.8) is 0 Å². The van der Waals surface area contributed by atoms with Crippen LogP contribution in [-0.2, 0) is 9.84 Å². The maximum atomic E-state index is 12.1. The van der Waals surface area contributed by atoms with Crippen LogP contribution >= 0.6 is 0 Å². The van der Waals surface area contributed by atoms with Crippen molar-refractivity contribution < 1.29 is 17.9 Å². The van der Waals surface area contributed by atoms with Crippen molar-refractivity contribution in [2.45, 2.75) is 13.3 Å². The second-order valence-electron chi connectivity index (χ2n) is 4.91. The van der Waals surface area contributed by atoms with E-state index in [9.17, 15) is 13.2 Å². The molecule has 0 aliphatic carbocycles. The molecule has 2 rings (SSSR count). The summed E-state index contributed by atoms with van der Waals surface area (Å²) in [6.07, 6.45) is 0.621. The minimum atomic E-state index is -2.90. The van der Waals surface area contributed by atoms with E-state index in [-0.39, 0.29) is 23.3 Å². The van der Waals surface area contributed by atoms with Crippen LogP contribution in [0.1, 0.15) is 23.7 Å². The Kier molecular flexibility index (Phi) is 4.65. The van der Waals surface area contributed by atoms with Gasteiger partial charge in [-0.2, -0.15) is 0 Å². The van der Waals surface area contributed by atoms with Crippen LogP contribution in [0.2, 0.25) is 0 Å². The molecule has 20 heavy (non-hydrogen) atoms. The normalized spacial score (nSPS) is 20.6. The summed E-state index contributed by atoms with van der Waals surface area (Å²) in [5.41, 5.74) is 0.482. The number of nitrogens with one attached hydrogen (secondary N) is 1. The molecular formula is C14H19NO4S. The lowest BCUT2D eigenvalue weighted by molar-refractivity contribution is 0.0944. The highest BCUT2D eigenvalue weighted by Crippen LogP contribution is 2.20. The molecule has 0 unspecified atom stereocenters. The number of para-hydroxylation sites is 1. The Morgan fingerprint density at radius 2 is 2.15 bits per heavy atom. The monoisotopic (exact) mass is 297 g/mol. The average Bonchev–Trinajstić information content (AvgIpc) is 2.77. The summed E-state index contributed by atoms with van der Waals surface area (Å²) in [5.74, 6) is 0.733. The van der Waals surface area contributed by atoms with Gasteiger partial charge in [-0.05, 0) is 31.4 Å². The Bertz CT molecular complexity index is 583. The Balaban J connectivity index is 1.95. The molecule has 1 saturated heterocycles. The van der Waals surface area contributed by atoms with Gasteiger partial charge in [-0.15, -0.1) is 0 Å². The van der Waals surface area contributed by atoms with Crippen molar-refractivity contribution >= 4 is 15.7 Å². The Hall–Kier alpha value is -1.56. The quantitative estimate of drug-likeness (QED) is 0.888. The van der Waals surface area contributed by atoms with Crippen molar-refractivity contribution in [2.75, 3.05) is 24.7 Å². The van der Waals surface area contributed by atoms with Crippen LogP contribution in [0.3, 0.4) is 0 Å². The number of hydrogen-bond acceptors (Lipinski definition) is 4. The molecule has 0 bridgehead atoms. The maximum Gasteiger partial charge on any atom is 0.255 e. The van der Waals surface area contributed by atoms with Gasteiger partial charge >= 0.3 is 0 Å². The Morgan fingerprint density at radius 3 is 2.80 bits per heavy atom. The van der Waals surface area contributed by atoms with Crippen LogP contribution in [0.25, 0.3) is 0 Å². The standard InChI is InChI=1S/C14H19NO4S/c1-2-19-13-6-4-3-5-12(13)14(16)15-9-11-7-8-20(17,18)10-11/h3-6,11H,2,7-10H2,1H3,(H,15,16)/t11-/m0/s1. The lowest BCUT2D eigenvalue weighted by Crippen LogP contribution is -2.30. The number of sulfone groups is 1. The first-order chi connectivity index (χ1) is 9.52. The fourth-order valence-corrected chi connectivity index (χ4v) is 4.16. The van der Waals surface area contributed by atoms with E-state index in [0.717, 1.165) is 0 Å². The molecule has 1 aromatic rings. The molecule has 0 saturated carbocycles. The van der Waals surface area contributed by atoms with Crippen molar-refractivity contribution in [2.24, 2.45) is 5.92 Å². The third-order valence-corrected chi connectivity index (χ3v) is 5.15. The third kappa shape index (κ3) is 3.72. The molecule has 1 aromatic carbocycles. The first-order valence-electron chi connectivity index (χ1n) is 6.72. The molecule has 1 N–H and O–H groups in total. The van der Waals surface area contributed by atoms with Gasteiger partial charge in [0.05, 0.1) is 23.7 Å². The lowest BCUT2D eigenvalue weighted by Gasteiger charge is -2.12. The Morgan fingerprint density at radius 1 is 1.40 bits per heavy atom. The van der Waals surface area contributed by atoms with Gasteiger partial charge in [0.25, 0.3) is 5.91 Å². The second-order valence-corrected chi connectivity index (χ2v) is 7.14. The zero-order valence-corrected chi connectivity index (χ0v) is 12.3. The zero-order chi connectivity index (χ0) is 14.6. The van der Waals surface area contributed by atoms with E-state index in [1.165, 1.54) is 0 Å². The molecule has 1 fully saturated rings. The van der Waals surface area contributed by atoms with Crippen molar-refractivity contribution in [1.29, 1.82) is 0 Å². The lowest BCUT2D eigenvalue weighted by atomic mass is 10.1. The molecular weight excluding hydrogens is 278 g/mol.